The highest BCUT2D eigenvalue weighted by molar-refractivity contribution is 5.25. The fraction of sp³-hybridized carbons (Fsp3) is 0.444. The Bertz CT molecular complexity index is 767. The Hall–Kier alpha value is -2.15. The number of benzene rings is 1. The van der Waals surface area contributed by atoms with Crippen LogP contribution >= 0.6 is 0 Å². The van der Waals surface area contributed by atoms with Crippen LogP contribution in [0.15, 0.2) is 29.1 Å². The number of nitrogens with zero attached hydrogens (tertiary/aromatic N) is 2. The predicted octanol–water partition coefficient (Wildman–Crippen LogP) is 3.68. The Morgan fingerprint density at radius 3 is 2.44 bits per heavy atom. The first kappa shape index (κ1) is 19.2. The van der Waals surface area contributed by atoms with Crippen LogP contribution in [-0.4, -0.2) is 21.4 Å². The van der Waals surface area contributed by atoms with Crippen molar-refractivity contribution in [3.8, 4) is 0 Å². The van der Waals surface area contributed by atoms with Gasteiger partial charge in [-0.05, 0) is 24.6 Å². The molecule has 1 aliphatic heterocycles. The van der Waals surface area contributed by atoms with E-state index < -0.39 is 11.7 Å². The van der Waals surface area contributed by atoms with Gasteiger partial charge >= 0.3 is 6.18 Å². The van der Waals surface area contributed by atoms with Gasteiger partial charge in [-0.25, -0.2) is 4.98 Å². The molecule has 25 heavy (non-hydrogen) atoms. The van der Waals surface area contributed by atoms with Crippen molar-refractivity contribution in [2.24, 2.45) is 0 Å². The minimum Gasteiger partial charge on any atom is -0.310 e. The number of hydrogen-bond acceptors (Lipinski definition) is 3. The number of halogens is 3. The van der Waals surface area contributed by atoms with Gasteiger partial charge in [0.05, 0.1) is 16.8 Å². The van der Waals surface area contributed by atoms with Gasteiger partial charge in [-0.1, -0.05) is 26.0 Å². The zero-order valence-corrected chi connectivity index (χ0v) is 14.6. The molecule has 0 saturated carbocycles. The summed E-state index contributed by atoms with van der Waals surface area (Å²) in [7, 11) is 0. The number of H-pyrrole nitrogens is 1. The number of alkyl halides is 3. The summed E-state index contributed by atoms with van der Waals surface area (Å²) < 4.78 is 37.7. The van der Waals surface area contributed by atoms with E-state index in [0.717, 1.165) is 29.9 Å². The van der Waals surface area contributed by atoms with Crippen LogP contribution in [0, 0.1) is 6.92 Å². The number of nitrogens with one attached hydrogen (secondary N) is 1. The van der Waals surface area contributed by atoms with Gasteiger partial charge in [-0.3, -0.25) is 9.69 Å². The Labute approximate surface area is 144 Å². The molecular weight excluding hydrogens is 331 g/mol. The van der Waals surface area contributed by atoms with Crippen molar-refractivity contribution in [3.63, 3.8) is 0 Å². The topological polar surface area (TPSA) is 49.0 Å². The lowest BCUT2D eigenvalue weighted by molar-refractivity contribution is -0.137. The van der Waals surface area contributed by atoms with Crippen molar-refractivity contribution in [2.75, 3.05) is 6.54 Å². The van der Waals surface area contributed by atoms with Crippen LogP contribution in [0.3, 0.4) is 0 Å². The molecule has 0 fully saturated rings. The van der Waals surface area contributed by atoms with Crippen molar-refractivity contribution in [1.29, 1.82) is 0 Å². The SMILES string of the molecule is CC.Cc1nc2c(c(=O)[nH]1)CN(Cc1ccc(C(F)(F)F)cc1)CC2. The molecule has 2 aromatic rings. The predicted molar refractivity (Wildman–Crippen MR) is 90.2 cm³/mol. The largest absolute Gasteiger partial charge is 0.416 e. The summed E-state index contributed by atoms with van der Waals surface area (Å²) in [6, 6.07) is 5.14. The van der Waals surface area contributed by atoms with Crippen LogP contribution in [0.1, 0.15) is 42.1 Å². The van der Waals surface area contributed by atoms with Gasteiger partial charge in [0.25, 0.3) is 5.56 Å². The van der Waals surface area contributed by atoms with Crippen molar-refractivity contribution >= 4 is 0 Å². The lowest BCUT2D eigenvalue weighted by atomic mass is 10.1. The molecule has 2 heterocycles. The molecule has 0 radical (unpaired) electrons. The average molecular weight is 353 g/mol. The molecule has 7 heteroatoms. The smallest absolute Gasteiger partial charge is 0.310 e. The first-order chi connectivity index (χ1) is 11.8. The first-order valence-electron chi connectivity index (χ1n) is 8.30. The highest BCUT2D eigenvalue weighted by atomic mass is 19.4. The summed E-state index contributed by atoms with van der Waals surface area (Å²) >= 11 is 0. The molecule has 0 unspecified atom stereocenters. The highest BCUT2D eigenvalue weighted by Crippen LogP contribution is 2.29. The minimum absolute atomic E-state index is 0.135. The second-order valence-electron chi connectivity index (χ2n) is 5.73. The summed E-state index contributed by atoms with van der Waals surface area (Å²) in [6.45, 7) is 7.43. The monoisotopic (exact) mass is 353 g/mol. The summed E-state index contributed by atoms with van der Waals surface area (Å²) in [5.74, 6) is 0.602. The van der Waals surface area contributed by atoms with Crippen LogP contribution in [0.5, 0.6) is 0 Å². The first-order valence-corrected chi connectivity index (χ1v) is 8.30. The molecule has 0 saturated heterocycles. The molecule has 136 valence electrons. The van der Waals surface area contributed by atoms with E-state index in [4.69, 9.17) is 0 Å². The maximum atomic E-state index is 12.6. The van der Waals surface area contributed by atoms with E-state index in [1.807, 2.05) is 18.7 Å². The van der Waals surface area contributed by atoms with Gasteiger partial charge in [0.2, 0.25) is 0 Å². The number of fused-ring (bicyclic) bond motifs is 1. The lowest BCUT2D eigenvalue weighted by Crippen LogP contribution is -2.35. The fourth-order valence-corrected chi connectivity index (χ4v) is 2.80. The fourth-order valence-electron chi connectivity index (χ4n) is 2.80. The average Bonchev–Trinajstić information content (AvgIpc) is 2.57. The van der Waals surface area contributed by atoms with Gasteiger partial charge in [-0.2, -0.15) is 13.2 Å². The maximum absolute atomic E-state index is 12.6. The van der Waals surface area contributed by atoms with E-state index in [1.54, 1.807) is 6.92 Å². The van der Waals surface area contributed by atoms with E-state index in [1.165, 1.54) is 12.1 Å². The van der Waals surface area contributed by atoms with Gasteiger partial charge in [0.1, 0.15) is 5.82 Å². The van der Waals surface area contributed by atoms with E-state index in [2.05, 4.69) is 9.97 Å². The van der Waals surface area contributed by atoms with Gasteiger partial charge < -0.3 is 4.98 Å². The third-order valence-corrected chi connectivity index (χ3v) is 3.95. The molecule has 0 spiro atoms. The lowest BCUT2D eigenvalue weighted by Gasteiger charge is -2.27. The number of aromatic nitrogens is 2. The Morgan fingerprint density at radius 1 is 1.20 bits per heavy atom. The normalized spacial score (nSPS) is 14.5. The summed E-state index contributed by atoms with van der Waals surface area (Å²) in [5.41, 5.74) is 1.47. The third kappa shape index (κ3) is 4.69. The Morgan fingerprint density at radius 2 is 1.84 bits per heavy atom. The van der Waals surface area contributed by atoms with Gasteiger partial charge in [0, 0.05) is 26.1 Å². The number of aryl methyl sites for hydroxylation is 1. The van der Waals surface area contributed by atoms with Crippen molar-refractivity contribution < 1.29 is 13.2 Å². The third-order valence-electron chi connectivity index (χ3n) is 3.95. The van der Waals surface area contributed by atoms with E-state index in [-0.39, 0.29) is 5.56 Å². The van der Waals surface area contributed by atoms with Crippen LogP contribution in [-0.2, 0) is 25.7 Å². The zero-order valence-electron chi connectivity index (χ0n) is 14.6. The maximum Gasteiger partial charge on any atom is 0.416 e. The molecule has 0 atom stereocenters. The Balaban J connectivity index is 0.00000109. The molecule has 4 nitrogen and oxygen atoms in total. The molecule has 3 rings (SSSR count). The van der Waals surface area contributed by atoms with Gasteiger partial charge in [0.15, 0.2) is 0 Å². The second-order valence-corrected chi connectivity index (χ2v) is 5.73. The summed E-state index contributed by atoms with van der Waals surface area (Å²) in [4.78, 5) is 21.1. The molecule has 1 N–H and O–H groups in total. The number of aromatic amines is 1. The highest BCUT2D eigenvalue weighted by Gasteiger charge is 2.30. The second kappa shape index (κ2) is 7.82. The van der Waals surface area contributed by atoms with Gasteiger partial charge in [-0.15, -0.1) is 0 Å². The van der Waals surface area contributed by atoms with Crippen molar-refractivity contribution in [2.45, 2.75) is 46.5 Å². The summed E-state index contributed by atoms with van der Waals surface area (Å²) in [5, 5.41) is 0. The van der Waals surface area contributed by atoms with Crippen molar-refractivity contribution in [3.05, 3.63) is 62.8 Å². The van der Waals surface area contributed by atoms with Crippen LogP contribution < -0.4 is 5.56 Å². The molecule has 1 aromatic carbocycles. The van der Waals surface area contributed by atoms with Crippen LogP contribution in [0.4, 0.5) is 13.2 Å². The van der Waals surface area contributed by atoms with E-state index in [9.17, 15) is 18.0 Å². The molecule has 1 aromatic heterocycles. The Kier molecular flexibility index (Phi) is 6.00. The van der Waals surface area contributed by atoms with Crippen LogP contribution in [0.25, 0.3) is 0 Å². The molecule has 0 aliphatic carbocycles. The number of hydrogen-bond donors (Lipinski definition) is 1. The minimum atomic E-state index is -4.32. The van der Waals surface area contributed by atoms with E-state index in [0.29, 0.717) is 30.9 Å². The number of rotatable bonds is 2. The molecular formula is C18H22F3N3O. The molecule has 0 bridgehead atoms. The molecule has 1 aliphatic rings. The molecule has 0 amide bonds. The van der Waals surface area contributed by atoms with Crippen molar-refractivity contribution in [1.82, 2.24) is 14.9 Å². The quantitative estimate of drug-likeness (QED) is 0.896. The van der Waals surface area contributed by atoms with Crippen LogP contribution in [0.2, 0.25) is 0 Å². The summed E-state index contributed by atoms with van der Waals surface area (Å²) in [6.07, 6.45) is -3.65. The standard InChI is InChI=1S/C16H16F3N3O.C2H6/c1-10-20-14-6-7-22(9-13(14)15(23)21-10)8-11-2-4-12(5-3-11)16(17,18)19;1-2/h2-5H,6-9H2,1H3,(H,20,21,23);1-2H3. The van der Waals surface area contributed by atoms with E-state index >= 15 is 0 Å². The zero-order chi connectivity index (χ0) is 18.6.